The van der Waals surface area contributed by atoms with Crippen LogP contribution < -0.4 is 9.47 Å². The second-order valence-corrected chi connectivity index (χ2v) is 17.6. The van der Waals surface area contributed by atoms with Crippen molar-refractivity contribution >= 4 is 203 Å². The quantitative estimate of drug-likeness (QED) is 0.0539. The molecule has 0 atom stereocenters. The summed E-state index contributed by atoms with van der Waals surface area (Å²) in [5.41, 5.74) is 0.201. The number of rotatable bonds is 11. The summed E-state index contributed by atoms with van der Waals surface area (Å²) in [4.78, 5) is -3.21. The number of hydrogen-bond acceptors (Lipinski definition) is 16. The number of benzene rings is 6. The van der Waals surface area contributed by atoms with Gasteiger partial charge in [0.2, 0.25) is 0 Å². The Labute approximate surface area is 442 Å². The minimum Gasteiger partial charge on any atom is -0.504 e. The fourth-order valence-electron chi connectivity index (χ4n) is 5.66. The Bertz CT molecular complexity index is 3030. The number of ether oxygens (including phenoxy) is 2. The summed E-state index contributed by atoms with van der Waals surface area (Å²) in [5.74, 6) is -1.77. The molecule has 0 saturated carbocycles. The van der Waals surface area contributed by atoms with Crippen LogP contribution in [0.3, 0.4) is 0 Å². The largest absolute Gasteiger partial charge is 0.504 e. The molecule has 62 heavy (non-hydrogen) atoms. The molecule has 6 rings (SSSR count). The van der Waals surface area contributed by atoms with Crippen molar-refractivity contribution in [2.24, 2.45) is 20.5 Å². The van der Waals surface area contributed by atoms with E-state index in [0.29, 0.717) is 11.1 Å². The summed E-state index contributed by atoms with van der Waals surface area (Å²) in [6, 6.07) is 16.7. The predicted octanol–water partition coefficient (Wildman–Crippen LogP) is 5.38. The van der Waals surface area contributed by atoms with Gasteiger partial charge < -0.3 is 19.7 Å². The molecule has 28 heteroatoms. The van der Waals surface area contributed by atoms with E-state index in [0.717, 1.165) is 48.5 Å². The second-order valence-electron chi connectivity index (χ2n) is 12.0. The van der Waals surface area contributed by atoms with Gasteiger partial charge in [-0.1, -0.05) is 24.3 Å². The van der Waals surface area contributed by atoms with Crippen LogP contribution in [0.1, 0.15) is 0 Å². The first-order valence-corrected chi connectivity index (χ1v) is 21.5. The molecular formula is C34H26N4Na4O16S4. The number of nitrogens with zero attached hydrogens (tertiary/aromatic N) is 4. The van der Waals surface area contributed by atoms with Crippen LogP contribution in [0.4, 0.5) is 22.7 Å². The summed E-state index contributed by atoms with van der Waals surface area (Å²) >= 11 is 0. The van der Waals surface area contributed by atoms with Crippen LogP contribution in [-0.2, 0) is 40.5 Å². The standard InChI is InChI=1S/C34H26N4O16S4.4Na/c1-53-27-13-17(3-9-25(27)35-37-31-23-7-5-21(55(41,42)43)11-19(23)15-29(33(31)39)57(47,48)49)18-4-10-26(28(14-18)54-2)36-38-32-24-8-6-22(56(44,45)46)12-20(24)16-30(34(32)40)58(50,51)52;;;;/h3-16,39-40H,1-2H3,(H,41,42,43)(H,44,45,46)(H,47,48,49)(H,50,51,52);;;;. The predicted molar refractivity (Wildman–Crippen MR) is 227 cm³/mol. The normalized spacial score (nSPS) is 12.0. The van der Waals surface area contributed by atoms with E-state index in [1.165, 1.54) is 38.5 Å². The molecule has 306 valence electrons. The summed E-state index contributed by atoms with van der Waals surface area (Å²) in [6.45, 7) is 0. The molecule has 4 radical (unpaired) electrons. The maximum absolute atomic E-state index is 12.0. The minimum atomic E-state index is -5.06. The van der Waals surface area contributed by atoms with Crippen LogP contribution in [-0.4, -0.2) is 195 Å². The van der Waals surface area contributed by atoms with Crippen molar-refractivity contribution in [2.75, 3.05) is 14.2 Å². The van der Waals surface area contributed by atoms with Crippen LogP contribution in [0.25, 0.3) is 32.7 Å². The Morgan fingerprint density at radius 1 is 0.435 bits per heavy atom. The van der Waals surface area contributed by atoms with Crippen molar-refractivity contribution in [2.45, 2.75) is 19.6 Å². The Morgan fingerprint density at radius 2 is 0.774 bits per heavy atom. The monoisotopic (exact) mass is 966 g/mol. The van der Waals surface area contributed by atoms with Crippen molar-refractivity contribution in [3.8, 4) is 34.1 Å². The zero-order valence-electron chi connectivity index (χ0n) is 33.3. The van der Waals surface area contributed by atoms with Crippen molar-refractivity contribution in [1.82, 2.24) is 0 Å². The molecule has 6 N–H and O–H groups in total. The number of fused-ring (bicyclic) bond motifs is 2. The van der Waals surface area contributed by atoms with Crippen LogP contribution >= 0.6 is 0 Å². The number of methoxy groups -OCH3 is 2. The number of phenolic OH excluding ortho intramolecular Hbond substituents is 2. The molecule has 0 spiro atoms. The van der Waals surface area contributed by atoms with Gasteiger partial charge in [-0.25, -0.2) is 0 Å². The van der Waals surface area contributed by atoms with Gasteiger partial charge in [0.05, 0.1) is 24.0 Å². The average molecular weight is 967 g/mol. The van der Waals surface area contributed by atoms with Gasteiger partial charge in [-0.3, -0.25) is 18.2 Å². The van der Waals surface area contributed by atoms with Crippen molar-refractivity contribution in [3.05, 3.63) is 84.9 Å². The van der Waals surface area contributed by atoms with E-state index in [4.69, 9.17) is 9.47 Å². The van der Waals surface area contributed by atoms with Crippen LogP contribution in [0.2, 0.25) is 0 Å². The topological polar surface area (TPSA) is 326 Å². The van der Waals surface area contributed by atoms with E-state index in [-0.39, 0.29) is 163 Å². The zero-order valence-corrected chi connectivity index (χ0v) is 44.5. The van der Waals surface area contributed by atoms with Gasteiger partial charge in [-0.2, -0.15) is 33.7 Å². The number of aromatic hydroxyl groups is 2. The Hall–Kier alpha value is -2.12. The Morgan fingerprint density at radius 3 is 1.06 bits per heavy atom. The molecule has 0 fully saturated rings. The summed E-state index contributed by atoms with van der Waals surface area (Å²) in [5, 5.41) is 37.4. The number of azo groups is 2. The van der Waals surface area contributed by atoms with E-state index < -0.39 is 82.9 Å². The van der Waals surface area contributed by atoms with Crippen LogP contribution in [0, 0.1) is 0 Å². The number of phenols is 2. The molecule has 0 amide bonds. The first kappa shape index (κ1) is 56.0. The molecule has 0 saturated heterocycles. The smallest absolute Gasteiger partial charge is 0.298 e. The summed E-state index contributed by atoms with van der Waals surface area (Å²) in [7, 11) is -16.9. The third kappa shape index (κ3) is 12.2. The molecule has 0 unspecified atom stereocenters. The van der Waals surface area contributed by atoms with E-state index >= 15 is 0 Å². The fraction of sp³-hybridized carbons (Fsp3) is 0.0588. The SMILES string of the molecule is COc1cc(-c2ccc(N=Nc3c(O)c(S(=O)(=O)O)cc4cc(S(=O)(=O)O)ccc34)c(OC)c2)ccc1N=Nc1c(O)c(S(=O)(=O)O)cc2cc(S(=O)(=O)O)ccc12.[Na].[Na].[Na].[Na]. The van der Waals surface area contributed by atoms with Crippen molar-refractivity contribution in [3.63, 3.8) is 0 Å². The van der Waals surface area contributed by atoms with Crippen LogP contribution in [0.5, 0.6) is 23.0 Å². The van der Waals surface area contributed by atoms with Gasteiger partial charge in [0.25, 0.3) is 40.5 Å². The molecule has 20 nitrogen and oxygen atoms in total. The molecule has 6 aromatic rings. The maximum Gasteiger partial charge on any atom is 0.298 e. The Kier molecular flexibility index (Phi) is 19.4. The van der Waals surface area contributed by atoms with Gasteiger partial charge in [0.1, 0.15) is 44.0 Å². The maximum atomic E-state index is 12.0. The van der Waals surface area contributed by atoms with E-state index in [1.54, 1.807) is 12.1 Å². The first-order chi connectivity index (χ1) is 27.0. The fourth-order valence-corrected chi connectivity index (χ4v) is 7.93. The third-order valence-corrected chi connectivity index (χ3v) is 11.8. The van der Waals surface area contributed by atoms with Gasteiger partial charge in [0, 0.05) is 129 Å². The molecule has 0 aliphatic carbocycles. The number of hydrogen-bond donors (Lipinski definition) is 6. The second kappa shape index (κ2) is 21.5. The molecule has 0 aliphatic heterocycles. The van der Waals surface area contributed by atoms with E-state index in [9.17, 15) is 62.1 Å². The van der Waals surface area contributed by atoms with E-state index in [1.807, 2.05) is 0 Å². The van der Waals surface area contributed by atoms with Gasteiger partial charge in [-0.15, -0.1) is 20.5 Å². The van der Waals surface area contributed by atoms with Crippen molar-refractivity contribution in [1.29, 1.82) is 0 Å². The first-order valence-electron chi connectivity index (χ1n) is 15.7. The van der Waals surface area contributed by atoms with Gasteiger partial charge in [0.15, 0.2) is 11.5 Å². The average Bonchev–Trinajstić information content (AvgIpc) is 3.14. The van der Waals surface area contributed by atoms with Gasteiger partial charge >= 0.3 is 0 Å². The van der Waals surface area contributed by atoms with Crippen molar-refractivity contribution < 1.29 is 71.6 Å². The third-order valence-electron chi connectivity index (χ3n) is 8.40. The minimum absolute atomic E-state index is 0. The Balaban J connectivity index is 0.00000331. The molecular weight excluding hydrogens is 941 g/mol. The zero-order chi connectivity index (χ0) is 42.5. The van der Waals surface area contributed by atoms with Crippen LogP contribution in [0.15, 0.2) is 125 Å². The summed E-state index contributed by atoms with van der Waals surface area (Å²) in [6.07, 6.45) is 0. The molecule has 0 heterocycles. The summed E-state index contributed by atoms with van der Waals surface area (Å²) < 4.78 is 144. The molecule has 0 aromatic heterocycles. The van der Waals surface area contributed by atoms with Gasteiger partial charge in [-0.05, 0) is 82.6 Å². The molecule has 0 aliphatic rings. The molecule has 6 aromatic carbocycles. The molecule has 0 bridgehead atoms. The van der Waals surface area contributed by atoms with E-state index in [2.05, 4.69) is 20.5 Å².